The first-order chi connectivity index (χ1) is 12.0. The molecule has 1 saturated heterocycles. The summed E-state index contributed by atoms with van der Waals surface area (Å²) in [5.74, 6) is 0.404. The van der Waals surface area contributed by atoms with Crippen LogP contribution in [0.1, 0.15) is 36.0 Å². The Morgan fingerprint density at radius 1 is 1.36 bits per heavy atom. The van der Waals surface area contributed by atoms with Crippen LogP contribution in [0, 0.1) is 19.8 Å². The quantitative estimate of drug-likeness (QED) is 0.891. The topological polar surface area (TPSA) is 68.0 Å². The lowest BCUT2D eigenvalue weighted by Gasteiger charge is -2.39. The third-order valence-corrected chi connectivity index (χ3v) is 5.12. The molecule has 1 aliphatic rings. The molecular weight excluding hydrogens is 316 g/mol. The van der Waals surface area contributed by atoms with Crippen LogP contribution in [0.5, 0.6) is 0 Å². The van der Waals surface area contributed by atoms with E-state index >= 15 is 0 Å². The molecule has 0 saturated carbocycles. The molecule has 0 aliphatic carbocycles. The lowest BCUT2D eigenvalue weighted by molar-refractivity contribution is -0.122. The van der Waals surface area contributed by atoms with Crippen LogP contribution in [-0.4, -0.2) is 50.3 Å². The molecule has 0 unspecified atom stereocenters. The zero-order valence-corrected chi connectivity index (χ0v) is 15.6. The fraction of sp³-hybridized carbons (Fsp3) is 0.611. The number of carbonyl (C=O) groups is 1. The van der Waals surface area contributed by atoms with Gasteiger partial charge < -0.3 is 9.88 Å². The summed E-state index contributed by atoms with van der Waals surface area (Å²) in [6, 6.07) is 2.28. The number of hydrogen-bond donors (Lipinski definition) is 1. The molecule has 7 nitrogen and oxygen atoms in total. The second-order valence-electron chi connectivity index (χ2n) is 7.15. The number of amides is 1. The molecule has 1 N–H and O–H groups in total. The fourth-order valence-electron chi connectivity index (χ4n) is 3.87. The van der Waals surface area contributed by atoms with Crippen molar-refractivity contribution >= 4 is 5.91 Å². The van der Waals surface area contributed by atoms with Crippen molar-refractivity contribution < 1.29 is 4.79 Å². The monoisotopic (exact) mass is 344 g/mol. The van der Waals surface area contributed by atoms with Crippen molar-refractivity contribution in [2.24, 2.45) is 13.0 Å². The van der Waals surface area contributed by atoms with Gasteiger partial charge in [0.15, 0.2) is 0 Å². The Balaban J connectivity index is 1.63. The van der Waals surface area contributed by atoms with Gasteiger partial charge in [0.1, 0.15) is 6.54 Å². The van der Waals surface area contributed by atoms with Crippen LogP contribution < -0.4 is 5.32 Å². The maximum absolute atomic E-state index is 12.4. The van der Waals surface area contributed by atoms with Crippen LogP contribution in [0.25, 0.3) is 0 Å². The van der Waals surface area contributed by atoms with Crippen molar-refractivity contribution in [2.75, 3.05) is 20.1 Å². The van der Waals surface area contributed by atoms with Gasteiger partial charge in [0.2, 0.25) is 5.91 Å². The molecule has 1 fully saturated rings. The molecule has 3 heterocycles. The summed E-state index contributed by atoms with van der Waals surface area (Å²) < 4.78 is 3.84. The standard InChI is InChI=1S/C18H28N6O/c1-13-8-14(2)24(21-13)11-17(25)20-9-15-6-5-7-22(3)18(15)16-10-19-12-23(16)4/h8,10,12,15,18H,5-7,9,11H2,1-4H3,(H,20,25)/t15-,18+/m0/s1. The predicted molar refractivity (Wildman–Crippen MR) is 96.0 cm³/mol. The van der Waals surface area contributed by atoms with E-state index in [-0.39, 0.29) is 18.5 Å². The van der Waals surface area contributed by atoms with Crippen LogP contribution in [0.3, 0.4) is 0 Å². The summed E-state index contributed by atoms with van der Waals surface area (Å²) >= 11 is 0. The van der Waals surface area contributed by atoms with Crippen molar-refractivity contribution in [3.63, 3.8) is 0 Å². The molecule has 2 atom stereocenters. The van der Waals surface area contributed by atoms with Gasteiger partial charge in [0, 0.05) is 25.5 Å². The maximum Gasteiger partial charge on any atom is 0.241 e. The second-order valence-corrected chi connectivity index (χ2v) is 7.15. The first-order valence-corrected chi connectivity index (χ1v) is 8.90. The van der Waals surface area contributed by atoms with E-state index in [1.165, 1.54) is 5.69 Å². The number of carbonyl (C=O) groups excluding carboxylic acids is 1. The molecule has 2 aromatic rings. The average molecular weight is 344 g/mol. The van der Waals surface area contributed by atoms with E-state index < -0.39 is 0 Å². The highest BCUT2D eigenvalue weighted by atomic mass is 16.2. The summed E-state index contributed by atoms with van der Waals surface area (Å²) in [4.78, 5) is 19.0. The molecule has 136 valence electrons. The highest BCUT2D eigenvalue weighted by molar-refractivity contribution is 5.75. The Kier molecular flexibility index (Phi) is 5.22. The van der Waals surface area contributed by atoms with E-state index in [4.69, 9.17) is 0 Å². The molecule has 1 aliphatic heterocycles. The third kappa shape index (κ3) is 3.92. The average Bonchev–Trinajstić information content (AvgIpc) is 3.11. The van der Waals surface area contributed by atoms with Crippen LogP contribution in [0.2, 0.25) is 0 Å². The summed E-state index contributed by atoms with van der Waals surface area (Å²) in [6.45, 7) is 5.95. The van der Waals surface area contributed by atoms with Crippen molar-refractivity contribution in [3.05, 3.63) is 35.7 Å². The van der Waals surface area contributed by atoms with Gasteiger partial charge in [-0.3, -0.25) is 14.4 Å². The second kappa shape index (κ2) is 7.39. The molecule has 0 spiro atoms. The molecule has 0 aromatic carbocycles. The van der Waals surface area contributed by atoms with Gasteiger partial charge in [0.05, 0.1) is 23.8 Å². The zero-order valence-electron chi connectivity index (χ0n) is 15.6. The van der Waals surface area contributed by atoms with Gasteiger partial charge in [0.25, 0.3) is 0 Å². The molecule has 7 heteroatoms. The van der Waals surface area contributed by atoms with Crippen LogP contribution >= 0.6 is 0 Å². The van der Waals surface area contributed by atoms with E-state index in [1.54, 1.807) is 4.68 Å². The molecule has 3 rings (SSSR count). The zero-order chi connectivity index (χ0) is 18.0. The molecule has 0 bridgehead atoms. The van der Waals surface area contributed by atoms with Crippen molar-refractivity contribution in [2.45, 2.75) is 39.3 Å². The van der Waals surface area contributed by atoms with Crippen molar-refractivity contribution in [1.82, 2.24) is 29.5 Å². The number of imidazole rings is 1. The minimum absolute atomic E-state index is 0.0168. The first kappa shape index (κ1) is 17.7. The van der Waals surface area contributed by atoms with Gasteiger partial charge >= 0.3 is 0 Å². The van der Waals surface area contributed by atoms with Crippen molar-refractivity contribution in [1.29, 1.82) is 0 Å². The Hall–Kier alpha value is -2.15. The number of piperidine rings is 1. The van der Waals surface area contributed by atoms with Crippen LogP contribution in [0.4, 0.5) is 0 Å². The molecule has 1 amide bonds. The minimum atomic E-state index is 0.0168. The lowest BCUT2D eigenvalue weighted by atomic mass is 9.87. The first-order valence-electron chi connectivity index (χ1n) is 8.90. The molecular formula is C18H28N6O. The Bertz CT molecular complexity index is 734. The number of aromatic nitrogens is 4. The van der Waals surface area contributed by atoms with E-state index in [1.807, 2.05) is 39.5 Å². The van der Waals surface area contributed by atoms with Gasteiger partial charge in [-0.2, -0.15) is 5.10 Å². The number of likely N-dealkylation sites (tertiary alicyclic amines) is 1. The maximum atomic E-state index is 12.4. The van der Waals surface area contributed by atoms with Gasteiger partial charge in [-0.15, -0.1) is 0 Å². The van der Waals surface area contributed by atoms with E-state index in [2.05, 4.69) is 31.9 Å². The predicted octanol–water partition coefficient (Wildman–Crippen LogP) is 1.43. The van der Waals surface area contributed by atoms with Gasteiger partial charge in [-0.25, -0.2) is 4.98 Å². The van der Waals surface area contributed by atoms with Crippen LogP contribution in [-0.2, 0) is 18.4 Å². The summed E-state index contributed by atoms with van der Waals surface area (Å²) in [5, 5.41) is 7.47. The molecule has 0 radical (unpaired) electrons. The van der Waals surface area contributed by atoms with Crippen molar-refractivity contribution in [3.8, 4) is 0 Å². The van der Waals surface area contributed by atoms with Crippen LogP contribution in [0.15, 0.2) is 18.6 Å². The van der Waals surface area contributed by atoms with E-state index in [0.29, 0.717) is 12.5 Å². The highest BCUT2D eigenvalue weighted by Gasteiger charge is 2.32. The number of nitrogens with zero attached hydrogens (tertiary/aromatic N) is 5. The van der Waals surface area contributed by atoms with E-state index in [9.17, 15) is 4.79 Å². The fourth-order valence-corrected chi connectivity index (χ4v) is 3.87. The molecule has 25 heavy (non-hydrogen) atoms. The van der Waals surface area contributed by atoms with E-state index in [0.717, 1.165) is 30.8 Å². The Labute approximate surface area is 149 Å². The Morgan fingerprint density at radius 3 is 2.80 bits per heavy atom. The summed E-state index contributed by atoms with van der Waals surface area (Å²) in [5.41, 5.74) is 3.16. The summed E-state index contributed by atoms with van der Waals surface area (Å²) in [6.07, 6.45) is 6.05. The van der Waals surface area contributed by atoms with Gasteiger partial charge in [-0.1, -0.05) is 0 Å². The largest absolute Gasteiger partial charge is 0.354 e. The minimum Gasteiger partial charge on any atom is -0.354 e. The van der Waals surface area contributed by atoms with Gasteiger partial charge in [-0.05, 0) is 52.3 Å². The number of hydrogen-bond acceptors (Lipinski definition) is 4. The Morgan fingerprint density at radius 2 is 2.16 bits per heavy atom. The summed E-state index contributed by atoms with van der Waals surface area (Å²) in [7, 11) is 4.19. The SMILES string of the molecule is Cc1cc(C)n(CC(=O)NC[C@@H]2CCCN(C)[C@H]2c2cncn2C)n1. The smallest absolute Gasteiger partial charge is 0.241 e. The third-order valence-electron chi connectivity index (χ3n) is 5.12. The highest BCUT2D eigenvalue weighted by Crippen LogP contribution is 2.34. The number of rotatable bonds is 5. The number of nitrogens with one attached hydrogen (secondary N) is 1. The lowest BCUT2D eigenvalue weighted by Crippen LogP contribution is -2.43. The number of aryl methyl sites for hydroxylation is 3. The normalized spacial score (nSPS) is 21.4. The molecule has 2 aromatic heterocycles.